The van der Waals surface area contributed by atoms with E-state index < -0.39 is 5.82 Å². The minimum Gasteiger partial charge on any atom is -0.455 e. The lowest BCUT2D eigenvalue weighted by Crippen LogP contribution is -2.49. The smallest absolute Gasteiger partial charge is 0.309 e. The predicted molar refractivity (Wildman–Crippen MR) is 182 cm³/mol. The van der Waals surface area contributed by atoms with E-state index in [1.165, 1.54) is 17.4 Å². The Labute approximate surface area is 284 Å². The summed E-state index contributed by atoms with van der Waals surface area (Å²) in [5.74, 6) is 0.193. The van der Waals surface area contributed by atoms with Crippen LogP contribution in [0.15, 0.2) is 54.9 Å². The van der Waals surface area contributed by atoms with Crippen molar-refractivity contribution in [3.05, 3.63) is 71.8 Å². The highest BCUT2D eigenvalue weighted by molar-refractivity contribution is 7.22. The number of nitrogens with zero attached hydrogens (tertiary/aromatic N) is 4. The molecule has 9 nitrogen and oxygen atoms in total. The van der Waals surface area contributed by atoms with E-state index in [2.05, 4.69) is 16.0 Å². The van der Waals surface area contributed by atoms with Crippen molar-refractivity contribution in [1.29, 1.82) is 0 Å². The molecule has 0 bridgehead atoms. The number of amides is 1. The van der Waals surface area contributed by atoms with E-state index in [-0.39, 0.29) is 48.3 Å². The maximum absolute atomic E-state index is 15.0. The topological polar surface area (TPSA) is 102 Å². The van der Waals surface area contributed by atoms with Crippen LogP contribution in [0, 0.1) is 23.6 Å². The first-order valence-corrected chi connectivity index (χ1v) is 17.4. The van der Waals surface area contributed by atoms with Crippen molar-refractivity contribution in [2.24, 2.45) is 17.8 Å². The van der Waals surface area contributed by atoms with Crippen LogP contribution in [0.1, 0.15) is 51.2 Å². The van der Waals surface area contributed by atoms with Crippen molar-refractivity contribution in [3.63, 3.8) is 0 Å². The van der Waals surface area contributed by atoms with Crippen LogP contribution in [-0.2, 0) is 32.1 Å². The molecule has 1 saturated heterocycles. The van der Waals surface area contributed by atoms with Crippen molar-refractivity contribution in [2.75, 3.05) is 32.8 Å². The molecule has 2 aliphatic rings. The average Bonchev–Trinajstić information content (AvgIpc) is 3.78. The largest absolute Gasteiger partial charge is 0.455 e. The standard InChI is InChI=1S/C37H41FN4O5S/c1-23(2)24(3)37(45)46-22-35(44)42-14-12-41(13-15-42)21-27-6-8-30(40-20-27)34-19-31-36(48-34)33(10-11-39-31)47-32-9-7-26(18-29(32)38)17-28(43)16-25-4-5-25/h6-11,18-20,23-25H,4-5,12-17,21-22H2,1-3H3/t24-/m0/s1. The second kappa shape index (κ2) is 14.9. The van der Waals surface area contributed by atoms with Crippen LogP contribution >= 0.6 is 11.3 Å². The van der Waals surface area contributed by atoms with Crippen LogP contribution in [0.5, 0.6) is 11.5 Å². The monoisotopic (exact) mass is 672 g/mol. The number of hydrogen-bond acceptors (Lipinski definition) is 9. The molecule has 6 rings (SSSR count). The zero-order chi connectivity index (χ0) is 33.8. The van der Waals surface area contributed by atoms with Gasteiger partial charge in [-0.15, -0.1) is 11.3 Å². The number of benzene rings is 1. The summed E-state index contributed by atoms with van der Waals surface area (Å²) < 4.78 is 27.0. The second-order valence-corrected chi connectivity index (χ2v) is 14.3. The summed E-state index contributed by atoms with van der Waals surface area (Å²) in [7, 11) is 0. The molecule has 1 aliphatic heterocycles. The lowest BCUT2D eigenvalue weighted by Gasteiger charge is -2.34. The van der Waals surface area contributed by atoms with Gasteiger partial charge in [0.25, 0.3) is 5.91 Å². The van der Waals surface area contributed by atoms with Crippen molar-refractivity contribution in [2.45, 2.75) is 53.0 Å². The molecule has 0 radical (unpaired) electrons. The molecular formula is C37H41FN4O5S. The SMILES string of the molecule is CC(C)[C@H](C)C(=O)OCC(=O)N1CCN(Cc2ccc(-c3cc4nccc(Oc5ccc(CC(=O)CC6CC6)cc5F)c4s3)nc2)CC1. The van der Waals surface area contributed by atoms with Gasteiger partial charge < -0.3 is 14.4 Å². The Morgan fingerprint density at radius 1 is 0.958 bits per heavy atom. The molecule has 1 aliphatic carbocycles. The zero-order valence-electron chi connectivity index (χ0n) is 27.6. The molecule has 11 heteroatoms. The lowest BCUT2D eigenvalue weighted by molar-refractivity contribution is -0.156. The maximum Gasteiger partial charge on any atom is 0.309 e. The first-order valence-electron chi connectivity index (χ1n) is 16.6. The molecule has 0 spiro atoms. The number of piperazine rings is 1. The number of carbonyl (C=O) groups excluding carboxylic acids is 3. The highest BCUT2D eigenvalue weighted by atomic mass is 32.1. The summed E-state index contributed by atoms with van der Waals surface area (Å²) in [6.45, 7) is 8.82. The molecule has 1 amide bonds. The van der Waals surface area contributed by atoms with Crippen molar-refractivity contribution >= 4 is 39.2 Å². The summed E-state index contributed by atoms with van der Waals surface area (Å²) in [6, 6.07) is 12.4. The molecule has 1 atom stereocenters. The van der Waals surface area contributed by atoms with E-state index in [0.29, 0.717) is 43.3 Å². The third kappa shape index (κ3) is 8.43. The predicted octanol–water partition coefficient (Wildman–Crippen LogP) is 6.68. The molecule has 2 fully saturated rings. The van der Waals surface area contributed by atoms with Gasteiger partial charge in [0.1, 0.15) is 11.5 Å². The van der Waals surface area contributed by atoms with E-state index >= 15 is 4.39 Å². The summed E-state index contributed by atoms with van der Waals surface area (Å²) in [5, 5.41) is 0. The number of carbonyl (C=O) groups is 3. The van der Waals surface area contributed by atoms with Gasteiger partial charge in [0.15, 0.2) is 18.2 Å². The van der Waals surface area contributed by atoms with Crippen molar-refractivity contribution < 1.29 is 28.2 Å². The van der Waals surface area contributed by atoms with Gasteiger partial charge in [0.2, 0.25) is 0 Å². The third-order valence-electron chi connectivity index (χ3n) is 9.12. The van der Waals surface area contributed by atoms with Crippen molar-refractivity contribution in [1.82, 2.24) is 19.8 Å². The Balaban J connectivity index is 1.03. The number of fused-ring (bicyclic) bond motifs is 1. The number of rotatable bonds is 13. The van der Waals surface area contributed by atoms with Gasteiger partial charge >= 0.3 is 5.97 Å². The summed E-state index contributed by atoms with van der Waals surface area (Å²) in [4.78, 5) is 51.1. The van der Waals surface area contributed by atoms with Crippen LogP contribution in [0.2, 0.25) is 0 Å². The lowest BCUT2D eigenvalue weighted by atomic mass is 9.99. The Kier molecular flexibility index (Phi) is 10.5. The number of hydrogen-bond donors (Lipinski definition) is 0. The second-order valence-electron chi connectivity index (χ2n) is 13.2. The molecule has 1 aromatic carbocycles. The normalized spacial score (nSPS) is 15.9. The number of Topliss-reactive ketones (excluding diaryl/α,β-unsaturated/α-hetero) is 1. The van der Waals surface area contributed by atoms with Gasteiger partial charge in [-0.05, 0) is 60.1 Å². The Hall–Kier alpha value is -4.22. The minimum atomic E-state index is -0.504. The molecule has 0 unspecified atom stereocenters. The van der Waals surface area contributed by atoms with E-state index in [4.69, 9.17) is 14.5 Å². The average molecular weight is 673 g/mol. The minimum absolute atomic E-state index is 0.100. The van der Waals surface area contributed by atoms with Crippen molar-refractivity contribution in [3.8, 4) is 22.1 Å². The van der Waals surface area contributed by atoms with Gasteiger partial charge in [-0.1, -0.05) is 32.9 Å². The molecule has 3 aromatic heterocycles. The summed E-state index contributed by atoms with van der Waals surface area (Å²) in [5.41, 5.74) is 3.25. The first-order chi connectivity index (χ1) is 23.1. The van der Waals surface area contributed by atoms with E-state index in [0.717, 1.165) is 52.3 Å². The number of thiophene rings is 1. The van der Waals surface area contributed by atoms with Gasteiger partial charge in [0, 0.05) is 64.0 Å². The fourth-order valence-electron chi connectivity index (χ4n) is 5.63. The summed E-state index contributed by atoms with van der Waals surface area (Å²) in [6.07, 6.45) is 6.55. The van der Waals surface area contributed by atoms with E-state index in [1.54, 1.807) is 29.3 Å². The number of pyridine rings is 2. The quantitative estimate of drug-likeness (QED) is 0.145. The molecule has 0 N–H and O–H groups in total. The van der Waals surface area contributed by atoms with Crippen LogP contribution in [0.25, 0.3) is 20.8 Å². The molecule has 4 aromatic rings. The van der Waals surface area contributed by atoms with E-state index in [1.807, 2.05) is 39.1 Å². The number of esters is 1. The zero-order valence-corrected chi connectivity index (χ0v) is 28.4. The fraction of sp³-hybridized carbons (Fsp3) is 0.432. The van der Waals surface area contributed by atoms with Gasteiger partial charge in [0.05, 0.1) is 26.7 Å². The summed E-state index contributed by atoms with van der Waals surface area (Å²) >= 11 is 1.48. The van der Waals surface area contributed by atoms with Crippen LogP contribution in [-0.4, -0.2) is 70.2 Å². The van der Waals surface area contributed by atoms with E-state index in [9.17, 15) is 14.4 Å². The highest BCUT2D eigenvalue weighted by Crippen LogP contribution is 2.39. The molecular weight excluding hydrogens is 631 g/mol. The molecule has 48 heavy (non-hydrogen) atoms. The van der Waals surface area contributed by atoms with Gasteiger partial charge in [-0.25, -0.2) is 4.39 Å². The molecule has 4 heterocycles. The number of ether oxygens (including phenoxy) is 2. The molecule has 1 saturated carbocycles. The Morgan fingerprint density at radius 2 is 1.73 bits per heavy atom. The Morgan fingerprint density at radius 3 is 2.42 bits per heavy atom. The van der Waals surface area contributed by atoms with Crippen LogP contribution in [0.3, 0.4) is 0 Å². The van der Waals surface area contributed by atoms with Gasteiger partial charge in [-0.2, -0.15) is 0 Å². The van der Waals surface area contributed by atoms with Gasteiger partial charge in [-0.3, -0.25) is 29.3 Å². The third-order valence-corrected chi connectivity index (χ3v) is 10.3. The molecule has 252 valence electrons. The number of ketones is 1. The fourth-order valence-corrected chi connectivity index (χ4v) is 6.67. The van der Waals surface area contributed by atoms with Crippen LogP contribution in [0.4, 0.5) is 4.39 Å². The van der Waals surface area contributed by atoms with Crippen LogP contribution < -0.4 is 4.74 Å². The first kappa shape index (κ1) is 33.7. The maximum atomic E-state index is 15.0. The Bertz CT molecular complexity index is 1780. The highest BCUT2D eigenvalue weighted by Gasteiger charge is 2.26. The number of halogens is 1. The number of aromatic nitrogens is 2.